The lowest BCUT2D eigenvalue weighted by Gasteiger charge is -2.16. The maximum atomic E-state index is 13.5. The van der Waals surface area contributed by atoms with Crippen molar-refractivity contribution in [3.05, 3.63) is 73.6 Å². The van der Waals surface area contributed by atoms with Crippen LogP contribution in [0, 0.1) is 6.92 Å². The zero-order valence-electron chi connectivity index (χ0n) is 19.1. The molecule has 3 heterocycles. The number of aryl methyl sites for hydroxylation is 2. The fraction of sp³-hybridized carbons (Fsp3) is 0.364. The number of sulfonamides is 1. The van der Waals surface area contributed by atoms with Crippen LogP contribution in [0.25, 0.3) is 10.9 Å². The predicted octanol–water partition coefficient (Wildman–Crippen LogP) is 1.54. The quantitative estimate of drug-likeness (QED) is 0.378. The molecular formula is C22H23FN6O4S2. The van der Waals surface area contributed by atoms with Crippen LogP contribution in [0.4, 0.5) is 4.39 Å². The van der Waals surface area contributed by atoms with Crippen molar-refractivity contribution in [3.63, 3.8) is 0 Å². The van der Waals surface area contributed by atoms with E-state index in [0.29, 0.717) is 23.9 Å². The Morgan fingerprint density at radius 1 is 1.17 bits per heavy atom. The van der Waals surface area contributed by atoms with Crippen molar-refractivity contribution in [2.45, 2.75) is 43.3 Å². The van der Waals surface area contributed by atoms with Crippen LogP contribution < -0.4 is 16.0 Å². The number of rotatable bonds is 8. The Hall–Kier alpha value is -3.16. The van der Waals surface area contributed by atoms with Crippen LogP contribution in [0.1, 0.15) is 29.0 Å². The van der Waals surface area contributed by atoms with E-state index >= 15 is 0 Å². The van der Waals surface area contributed by atoms with Gasteiger partial charge in [0.05, 0.1) is 46.3 Å². The monoisotopic (exact) mass is 518 g/mol. The SMILES string of the molecule is Cc1cc(Cn2c(=O)n(Cc3cnn(C)c3)c(=O)c3cc(S(=O)(=O)NC4(CF)CC4)ccc32)sn1. The number of alkyl halides is 1. The molecular weight excluding hydrogens is 495 g/mol. The Bertz CT molecular complexity index is 1660. The van der Waals surface area contributed by atoms with Gasteiger partial charge in [-0.25, -0.2) is 22.3 Å². The normalized spacial score (nSPS) is 15.1. The molecule has 1 aliphatic carbocycles. The molecule has 35 heavy (non-hydrogen) atoms. The molecule has 0 amide bonds. The average Bonchev–Trinajstić information content (AvgIpc) is 3.26. The van der Waals surface area contributed by atoms with Crippen molar-refractivity contribution in [3.8, 4) is 0 Å². The first-order valence-corrected chi connectivity index (χ1v) is 13.1. The molecule has 0 radical (unpaired) electrons. The highest BCUT2D eigenvalue weighted by atomic mass is 32.2. The van der Waals surface area contributed by atoms with E-state index in [1.54, 1.807) is 24.1 Å². The zero-order chi connectivity index (χ0) is 25.0. The first kappa shape index (κ1) is 23.6. The number of halogens is 1. The topological polar surface area (TPSA) is 121 Å². The van der Waals surface area contributed by atoms with Crippen molar-refractivity contribution >= 4 is 32.5 Å². The molecule has 5 rings (SSSR count). The van der Waals surface area contributed by atoms with E-state index in [1.165, 1.54) is 34.3 Å². The first-order valence-electron chi connectivity index (χ1n) is 10.9. The van der Waals surface area contributed by atoms with E-state index in [9.17, 15) is 22.4 Å². The lowest BCUT2D eigenvalue weighted by atomic mass is 10.2. The van der Waals surface area contributed by atoms with E-state index in [1.807, 2.05) is 13.0 Å². The minimum Gasteiger partial charge on any atom is -0.288 e. The van der Waals surface area contributed by atoms with Gasteiger partial charge in [-0.3, -0.25) is 18.6 Å². The molecule has 13 heteroatoms. The van der Waals surface area contributed by atoms with E-state index in [4.69, 9.17) is 0 Å². The van der Waals surface area contributed by atoms with Crippen LogP contribution in [-0.2, 0) is 30.2 Å². The van der Waals surface area contributed by atoms with Crippen molar-refractivity contribution < 1.29 is 12.8 Å². The third-order valence-corrected chi connectivity index (χ3v) is 8.49. The molecule has 184 valence electrons. The maximum absolute atomic E-state index is 13.5. The van der Waals surface area contributed by atoms with E-state index in [-0.39, 0.29) is 23.4 Å². The number of benzene rings is 1. The molecule has 0 bridgehead atoms. The molecule has 0 spiro atoms. The lowest BCUT2D eigenvalue weighted by Crippen LogP contribution is -2.41. The van der Waals surface area contributed by atoms with E-state index < -0.39 is 33.5 Å². The molecule has 1 aliphatic rings. The highest BCUT2D eigenvalue weighted by molar-refractivity contribution is 7.89. The molecule has 1 fully saturated rings. The summed E-state index contributed by atoms with van der Waals surface area (Å²) in [5.41, 5.74) is -0.451. The third kappa shape index (κ3) is 4.46. The van der Waals surface area contributed by atoms with Crippen LogP contribution in [-0.4, -0.2) is 43.9 Å². The number of nitrogens with zero attached hydrogens (tertiary/aromatic N) is 5. The zero-order valence-corrected chi connectivity index (χ0v) is 20.7. The maximum Gasteiger partial charge on any atom is 0.332 e. The van der Waals surface area contributed by atoms with E-state index in [0.717, 1.165) is 15.1 Å². The van der Waals surface area contributed by atoms with Gasteiger partial charge in [-0.15, -0.1) is 0 Å². The fourth-order valence-corrected chi connectivity index (χ4v) is 6.19. The van der Waals surface area contributed by atoms with Gasteiger partial charge >= 0.3 is 5.69 Å². The Balaban J connectivity index is 1.68. The van der Waals surface area contributed by atoms with Crippen molar-refractivity contribution in [1.29, 1.82) is 0 Å². The number of fused-ring (bicyclic) bond motifs is 1. The Morgan fingerprint density at radius 3 is 2.54 bits per heavy atom. The van der Waals surface area contributed by atoms with Gasteiger partial charge < -0.3 is 0 Å². The number of nitrogens with one attached hydrogen (secondary N) is 1. The van der Waals surface area contributed by atoms with Crippen molar-refractivity contribution in [2.24, 2.45) is 7.05 Å². The summed E-state index contributed by atoms with van der Waals surface area (Å²) in [5, 5.41) is 4.16. The van der Waals surface area contributed by atoms with Crippen LogP contribution in [0.3, 0.4) is 0 Å². The summed E-state index contributed by atoms with van der Waals surface area (Å²) in [7, 11) is -2.34. The fourth-order valence-electron chi connectivity index (χ4n) is 4.00. The van der Waals surface area contributed by atoms with Gasteiger partial charge in [0, 0.05) is 23.7 Å². The van der Waals surface area contributed by atoms with Gasteiger partial charge in [0.25, 0.3) is 5.56 Å². The molecule has 1 N–H and O–H groups in total. The van der Waals surface area contributed by atoms with Crippen molar-refractivity contribution in [2.75, 3.05) is 6.67 Å². The lowest BCUT2D eigenvalue weighted by molar-refractivity contribution is 0.393. The van der Waals surface area contributed by atoms with Crippen LogP contribution in [0.5, 0.6) is 0 Å². The second kappa shape index (κ2) is 8.50. The predicted molar refractivity (Wildman–Crippen MR) is 129 cm³/mol. The Kier molecular flexibility index (Phi) is 5.73. The molecule has 0 atom stereocenters. The van der Waals surface area contributed by atoms with Gasteiger partial charge in [-0.05, 0) is 55.6 Å². The molecule has 0 aliphatic heterocycles. The van der Waals surface area contributed by atoms with Crippen molar-refractivity contribution in [1.82, 2.24) is 28.0 Å². The van der Waals surface area contributed by atoms with Crippen LogP contribution in [0.15, 0.2) is 51.1 Å². The minimum absolute atomic E-state index is 0.0244. The molecule has 0 saturated heterocycles. The third-order valence-electron chi connectivity index (χ3n) is 6.06. The van der Waals surface area contributed by atoms with Gasteiger partial charge in [0.2, 0.25) is 10.0 Å². The smallest absolute Gasteiger partial charge is 0.288 e. The van der Waals surface area contributed by atoms with Gasteiger partial charge in [0.1, 0.15) is 6.67 Å². The van der Waals surface area contributed by atoms with Crippen LogP contribution >= 0.6 is 11.5 Å². The first-order chi connectivity index (χ1) is 16.6. The van der Waals surface area contributed by atoms with Gasteiger partial charge in [-0.1, -0.05) is 0 Å². The average molecular weight is 519 g/mol. The minimum atomic E-state index is -4.07. The highest BCUT2D eigenvalue weighted by Crippen LogP contribution is 2.37. The summed E-state index contributed by atoms with van der Waals surface area (Å²) < 4.78 is 50.0. The van der Waals surface area contributed by atoms with Gasteiger partial charge in [-0.2, -0.15) is 9.47 Å². The molecule has 0 unspecified atom stereocenters. The summed E-state index contributed by atoms with van der Waals surface area (Å²) in [4.78, 5) is 27.5. The summed E-state index contributed by atoms with van der Waals surface area (Å²) in [6, 6.07) is 5.89. The molecule has 1 saturated carbocycles. The highest BCUT2D eigenvalue weighted by Gasteiger charge is 2.46. The molecule has 10 nitrogen and oxygen atoms in total. The summed E-state index contributed by atoms with van der Waals surface area (Å²) in [6.45, 7) is 1.19. The summed E-state index contributed by atoms with van der Waals surface area (Å²) >= 11 is 1.25. The largest absolute Gasteiger partial charge is 0.332 e. The number of hydrogen-bond donors (Lipinski definition) is 1. The van der Waals surface area contributed by atoms with E-state index in [2.05, 4.69) is 14.2 Å². The van der Waals surface area contributed by atoms with Crippen LogP contribution in [0.2, 0.25) is 0 Å². The second-order valence-corrected chi connectivity index (χ2v) is 11.5. The Labute approximate surface area is 203 Å². The second-order valence-electron chi connectivity index (χ2n) is 8.92. The summed E-state index contributed by atoms with van der Waals surface area (Å²) in [6.07, 6.45) is 4.09. The number of aromatic nitrogens is 5. The summed E-state index contributed by atoms with van der Waals surface area (Å²) in [5.74, 6) is 0. The molecule has 4 aromatic rings. The molecule has 1 aromatic carbocycles. The number of hydrogen-bond acceptors (Lipinski definition) is 7. The standard InChI is InChI=1S/C22H23FN6O4S2/c1-14-7-16(34-25-14)12-28-19-4-3-17(35(32,33)26-22(13-23)5-6-22)8-18(19)20(30)29(21(28)31)11-15-9-24-27(2)10-15/h3-4,7-10,26H,5-6,11-13H2,1-2H3. The van der Waals surface area contributed by atoms with Gasteiger partial charge in [0.15, 0.2) is 0 Å². The Morgan fingerprint density at radius 2 is 1.94 bits per heavy atom. The molecule has 3 aromatic heterocycles.